The molecule has 0 spiro atoms. The first kappa shape index (κ1) is 22.3. The normalized spacial score (nSPS) is 16.0. The number of nitrogens with zero attached hydrogens (tertiary/aromatic N) is 4. The van der Waals surface area contributed by atoms with Gasteiger partial charge in [0.1, 0.15) is 12.4 Å². The molecule has 172 valence electrons. The third kappa shape index (κ3) is 4.50. The minimum absolute atomic E-state index is 0.195. The number of piperidine rings is 1. The Morgan fingerprint density at radius 3 is 2.64 bits per heavy atom. The molecule has 1 fully saturated rings. The van der Waals surface area contributed by atoms with E-state index in [0.29, 0.717) is 29.0 Å². The number of benzene rings is 1. The number of amides is 2. The van der Waals surface area contributed by atoms with Gasteiger partial charge in [0, 0.05) is 19.6 Å². The molecule has 2 aromatic heterocycles. The third-order valence-electron chi connectivity index (χ3n) is 5.93. The number of hydrogen-bond donors (Lipinski definition) is 2. The summed E-state index contributed by atoms with van der Waals surface area (Å²) in [5.41, 5.74) is 5.44. The molecule has 1 atom stereocenters. The molecule has 1 saturated heterocycles. The van der Waals surface area contributed by atoms with Crippen molar-refractivity contribution in [3.8, 4) is 0 Å². The Labute approximate surface area is 189 Å². The molecular formula is C23H26N6O4. The van der Waals surface area contributed by atoms with Crippen molar-refractivity contribution >= 4 is 34.2 Å². The minimum atomic E-state index is -0.529. The number of fused-ring (bicyclic) bond motifs is 1. The van der Waals surface area contributed by atoms with Crippen LogP contribution in [0.1, 0.15) is 19.8 Å². The molecule has 10 heteroatoms. The average Bonchev–Trinajstić information content (AvgIpc) is 2.82. The molecule has 3 aromatic rings. The van der Waals surface area contributed by atoms with Crippen LogP contribution in [0.15, 0.2) is 52.2 Å². The van der Waals surface area contributed by atoms with E-state index in [0.717, 1.165) is 24.0 Å². The molecule has 2 amide bonds. The number of aromatic nitrogens is 3. The van der Waals surface area contributed by atoms with Crippen molar-refractivity contribution in [3.63, 3.8) is 0 Å². The average molecular weight is 450 g/mol. The number of primary amides is 1. The van der Waals surface area contributed by atoms with E-state index in [9.17, 15) is 19.2 Å². The van der Waals surface area contributed by atoms with Gasteiger partial charge < -0.3 is 16.0 Å². The highest BCUT2D eigenvalue weighted by Crippen LogP contribution is 2.22. The van der Waals surface area contributed by atoms with Crippen LogP contribution in [0.5, 0.6) is 0 Å². The first-order valence-corrected chi connectivity index (χ1v) is 10.9. The van der Waals surface area contributed by atoms with Gasteiger partial charge in [0.25, 0.3) is 5.56 Å². The molecule has 0 bridgehead atoms. The first-order chi connectivity index (χ1) is 15.9. The molecule has 0 radical (unpaired) electrons. The van der Waals surface area contributed by atoms with Gasteiger partial charge in [-0.2, -0.15) is 0 Å². The van der Waals surface area contributed by atoms with Crippen LogP contribution in [0.4, 0.5) is 11.5 Å². The summed E-state index contributed by atoms with van der Waals surface area (Å²) in [4.78, 5) is 56.0. The standard InChI is InChI=1S/C23H26N6O4/c1-2-28-22(32)17-7-3-4-8-18(17)29(23(28)33)14-20(30)26-16-9-10-19(25-12-16)27-11-5-6-15(13-27)21(24)31/h3-4,7-10,12,15H,2,5-6,11,13-14H2,1H3,(H2,24,31)(H,26,30). The van der Waals surface area contributed by atoms with E-state index < -0.39 is 11.6 Å². The minimum Gasteiger partial charge on any atom is -0.369 e. The Bertz CT molecular complexity index is 1310. The second-order valence-electron chi connectivity index (χ2n) is 8.08. The van der Waals surface area contributed by atoms with Gasteiger partial charge in [-0.25, -0.2) is 9.78 Å². The number of nitrogens with two attached hydrogens (primary N) is 1. The monoisotopic (exact) mass is 450 g/mol. The zero-order valence-corrected chi connectivity index (χ0v) is 18.4. The number of nitrogens with one attached hydrogen (secondary N) is 1. The largest absolute Gasteiger partial charge is 0.369 e. The Morgan fingerprint density at radius 1 is 1.15 bits per heavy atom. The van der Waals surface area contributed by atoms with E-state index in [1.165, 1.54) is 10.8 Å². The fraction of sp³-hybridized carbons (Fsp3) is 0.348. The Hall–Kier alpha value is -3.95. The summed E-state index contributed by atoms with van der Waals surface area (Å²) >= 11 is 0. The summed E-state index contributed by atoms with van der Waals surface area (Å²) < 4.78 is 2.42. The lowest BCUT2D eigenvalue weighted by Gasteiger charge is -2.32. The van der Waals surface area contributed by atoms with Gasteiger partial charge >= 0.3 is 5.69 Å². The molecule has 0 saturated carbocycles. The van der Waals surface area contributed by atoms with E-state index in [4.69, 9.17) is 5.73 Å². The number of anilines is 2. The van der Waals surface area contributed by atoms with Gasteiger partial charge in [-0.15, -0.1) is 0 Å². The predicted octanol–water partition coefficient (Wildman–Crippen LogP) is 0.919. The maximum Gasteiger partial charge on any atom is 0.331 e. The van der Waals surface area contributed by atoms with Crippen molar-refractivity contribution in [1.29, 1.82) is 0 Å². The van der Waals surface area contributed by atoms with Gasteiger partial charge in [-0.1, -0.05) is 12.1 Å². The van der Waals surface area contributed by atoms with Crippen molar-refractivity contribution in [2.75, 3.05) is 23.3 Å². The number of carbonyl (C=O) groups excluding carboxylic acids is 2. The summed E-state index contributed by atoms with van der Waals surface area (Å²) in [5.74, 6) is -0.207. The first-order valence-electron chi connectivity index (χ1n) is 10.9. The van der Waals surface area contributed by atoms with Crippen LogP contribution < -0.4 is 27.2 Å². The number of rotatable bonds is 6. The second-order valence-corrected chi connectivity index (χ2v) is 8.08. The van der Waals surface area contributed by atoms with Crippen LogP contribution in [-0.2, 0) is 22.7 Å². The maximum absolute atomic E-state index is 12.8. The molecule has 10 nitrogen and oxygen atoms in total. The molecule has 3 heterocycles. The smallest absolute Gasteiger partial charge is 0.331 e. The molecule has 1 aliphatic rings. The Morgan fingerprint density at radius 2 is 1.94 bits per heavy atom. The fourth-order valence-corrected chi connectivity index (χ4v) is 4.21. The van der Waals surface area contributed by atoms with Crippen molar-refractivity contribution in [2.24, 2.45) is 11.7 Å². The molecular weight excluding hydrogens is 424 g/mol. The SMILES string of the molecule is CCn1c(=O)c2ccccc2n(CC(=O)Nc2ccc(N3CCCC(C(N)=O)C3)nc2)c1=O. The summed E-state index contributed by atoms with van der Waals surface area (Å²) in [6.07, 6.45) is 3.17. The molecule has 1 unspecified atom stereocenters. The van der Waals surface area contributed by atoms with Gasteiger partial charge in [-0.05, 0) is 44.0 Å². The highest BCUT2D eigenvalue weighted by molar-refractivity contribution is 5.91. The van der Waals surface area contributed by atoms with Gasteiger partial charge in [0.2, 0.25) is 11.8 Å². The van der Waals surface area contributed by atoms with Crippen LogP contribution in [-0.4, -0.2) is 39.0 Å². The van der Waals surface area contributed by atoms with Crippen molar-refractivity contribution in [2.45, 2.75) is 32.9 Å². The third-order valence-corrected chi connectivity index (χ3v) is 5.93. The summed E-state index contributed by atoms with van der Waals surface area (Å²) in [7, 11) is 0. The van der Waals surface area contributed by atoms with Crippen LogP contribution in [0.3, 0.4) is 0 Å². The van der Waals surface area contributed by atoms with Gasteiger partial charge in [0.05, 0.1) is 28.7 Å². The topological polar surface area (TPSA) is 132 Å². The van der Waals surface area contributed by atoms with Gasteiger partial charge in [-0.3, -0.25) is 23.5 Å². The quantitative estimate of drug-likeness (QED) is 0.574. The second kappa shape index (κ2) is 9.27. The van der Waals surface area contributed by atoms with E-state index in [2.05, 4.69) is 10.3 Å². The molecule has 33 heavy (non-hydrogen) atoms. The zero-order chi connectivity index (χ0) is 23.5. The van der Waals surface area contributed by atoms with Gasteiger partial charge in [0.15, 0.2) is 0 Å². The van der Waals surface area contributed by atoms with Crippen molar-refractivity contribution in [3.05, 3.63) is 63.4 Å². The van der Waals surface area contributed by atoms with Crippen LogP contribution in [0.25, 0.3) is 10.9 Å². The lowest BCUT2D eigenvalue weighted by Crippen LogP contribution is -2.41. The summed E-state index contributed by atoms with van der Waals surface area (Å²) in [5, 5.41) is 3.13. The number of pyridine rings is 1. The van der Waals surface area contributed by atoms with E-state index in [1.54, 1.807) is 43.3 Å². The number of carbonyl (C=O) groups is 2. The molecule has 4 rings (SSSR count). The molecule has 3 N–H and O–H groups in total. The number of hydrogen-bond acceptors (Lipinski definition) is 6. The van der Waals surface area contributed by atoms with E-state index >= 15 is 0 Å². The lowest BCUT2D eigenvalue weighted by molar-refractivity contribution is -0.122. The Kier molecular flexibility index (Phi) is 6.25. The number of para-hydroxylation sites is 1. The summed E-state index contributed by atoms with van der Waals surface area (Å²) in [6.45, 7) is 2.99. The van der Waals surface area contributed by atoms with E-state index in [-0.39, 0.29) is 30.5 Å². The van der Waals surface area contributed by atoms with Crippen molar-refractivity contribution in [1.82, 2.24) is 14.1 Å². The molecule has 1 aromatic carbocycles. The van der Waals surface area contributed by atoms with Crippen LogP contribution in [0, 0.1) is 5.92 Å². The van der Waals surface area contributed by atoms with Crippen LogP contribution in [0.2, 0.25) is 0 Å². The fourth-order valence-electron chi connectivity index (χ4n) is 4.21. The molecule has 1 aliphatic heterocycles. The van der Waals surface area contributed by atoms with E-state index in [1.807, 2.05) is 4.90 Å². The molecule has 0 aliphatic carbocycles. The summed E-state index contributed by atoms with van der Waals surface area (Å²) in [6, 6.07) is 10.2. The highest BCUT2D eigenvalue weighted by Gasteiger charge is 2.24. The van der Waals surface area contributed by atoms with Crippen LogP contribution >= 0.6 is 0 Å². The Balaban J connectivity index is 1.51. The lowest BCUT2D eigenvalue weighted by atomic mass is 9.97. The predicted molar refractivity (Wildman–Crippen MR) is 125 cm³/mol. The highest BCUT2D eigenvalue weighted by atomic mass is 16.2. The zero-order valence-electron chi connectivity index (χ0n) is 18.4. The van der Waals surface area contributed by atoms with Crippen molar-refractivity contribution < 1.29 is 9.59 Å². The maximum atomic E-state index is 12.8.